The van der Waals surface area contributed by atoms with Crippen LogP contribution in [-0.4, -0.2) is 38.8 Å². The molecule has 0 spiro atoms. The van der Waals surface area contributed by atoms with Crippen LogP contribution in [0, 0.1) is 6.92 Å². The highest BCUT2D eigenvalue weighted by atomic mass is 35.5. The SMILES string of the molecule is COC(CN)CC(=O)NCCCOc1ccc(Cl)cc1C. The quantitative estimate of drug-likeness (QED) is 0.683. The number of carbonyl (C=O) groups excluding carboxylic acids is 1. The Hall–Kier alpha value is -1.30. The van der Waals surface area contributed by atoms with Crippen molar-refractivity contribution >= 4 is 17.5 Å². The van der Waals surface area contributed by atoms with Crippen LogP contribution in [0.1, 0.15) is 18.4 Å². The van der Waals surface area contributed by atoms with Crippen molar-refractivity contribution in [1.29, 1.82) is 0 Å². The maximum atomic E-state index is 11.6. The molecule has 0 bridgehead atoms. The van der Waals surface area contributed by atoms with Crippen molar-refractivity contribution in [2.75, 3.05) is 26.8 Å². The van der Waals surface area contributed by atoms with E-state index < -0.39 is 0 Å². The van der Waals surface area contributed by atoms with Crippen LogP contribution in [0.2, 0.25) is 5.02 Å². The summed E-state index contributed by atoms with van der Waals surface area (Å²) in [6.07, 6.45) is 0.788. The Labute approximate surface area is 130 Å². The fraction of sp³-hybridized carbons (Fsp3) is 0.533. The molecule has 0 saturated heterocycles. The lowest BCUT2D eigenvalue weighted by molar-refractivity contribution is -0.123. The van der Waals surface area contributed by atoms with Gasteiger partial charge < -0.3 is 20.5 Å². The Morgan fingerprint density at radius 3 is 2.86 bits per heavy atom. The summed E-state index contributed by atoms with van der Waals surface area (Å²) in [6, 6.07) is 5.50. The van der Waals surface area contributed by atoms with E-state index in [0.717, 1.165) is 17.7 Å². The third-order valence-corrected chi connectivity index (χ3v) is 3.28. The average molecular weight is 315 g/mol. The maximum absolute atomic E-state index is 11.6. The molecule has 6 heteroatoms. The van der Waals surface area contributed by atoms with Crippen LogP contribution < -0.4 is 15.8 Å². The van der Waals surface area contributed by atoms with Crippen LogP contribution in [-0.2, 0) is 9.53 Å². The minimum atomic E-state index is -0.224. The highest BCUT2D eigenvalue weighted by Gasteiger charge is 2.10. The van der Waals surface area contributed by atoms with Crippen LogP contribution in [0.25, 0.3) is 0 Å². The number of hydrogen-bond acceptors (Lipinski definition) is 4. The van der Waals surface area contributed by atoms with Crippen molar-refractivity contribution in [1.82, 2.24) is 5.32 Å². The number of aryl methyl sites for hydroxylation is 1. The Morgan fingerprint density at radius 1 is 1.48 bits per heavy atom. The molecule has 0 aliphatic heterocycles. The largest absolute Gasteiger partial charge is 0.493 e. The van der Waals surface area contributed by atoms with Gasteiger partial charge in [0, 0.05) is 25.2 Å². The van der Waals surface area contributed by atoms with Crippen molar-refractivity contribution in [3.63, 3.8) is 0 Å². The third kappa shape index (κ3) is 6.80. The van der Waals surface area contributed by atoms with Gasteiger partial charge in [0.1, 0.15) is 5.75 Å². The molecule has 1 rings (SSSR count). The van der Waals surface area contributed by atoms with E-state index in [4.69, 9.17) is 26.8 Å². The summed E-state index contributed by atoms with van der Waals surface area (Å²) >= 11 is 5.88. The van der Waals surface area contributed by atoms with Gasteiger partial charge in [0.05, 0.1) is 19.1 Å². The molecule has 0 aromatic heterocycles. The number of methoxy groups -OCH3 is 1. The Balaban J connectivity index is 2.18. The van der Waals surface area contributed by atoms with Crippen molar-refractivity contribution in [2.45, 2.75) is 25.9 Å². The monoisotopic (exact) mass is 314 g/mol. The van der Waals surface area contributed by atoms with Gasteiger partial charge in [-0.1, -0.05) is 11.6 Å². The summed E-state index contributed by atoms with van der Waals surface area (Å²) in [7, 11) is 1.55. The predicted molar refractivity (Wildman–Crippen MR) is 83.8 cm³/mol. The molecule has 0 heterocycles. The van der Waals surface area contributed by atoms with Gasteiger partial charge in [0.15, 0.2) is 0 Å². The zero-order valence-corrected chi connectivity index (χ0v) is 13.3. The van der Waals surface area contributed by atoms with Gasteiger partial charge in [0.2, 0.25) is 5.91 Å². The molecule has 1 unspecified atom stereocenters. The summed E-state index contributed by atoms with van der Waals surface area (Å²) in [5.41, 5.74) is 6.46. The summed E-state index contributed by atoms with van der Waals surface area (Å²) in [5.74, 6) is 0.753. The third-order valence-electron chi connectivity index (χ3n) is 3.05. The molecule has 118 valence electrons. The van der Waals surface area contributed by atoms with E-state index in [2.05, 4.69) is 5.32 Å². The van der Waals surface area contributed by atoms with Crippen LogP contribution in [0.5, 0.6) is 5.75 Å². The van der Waals surface area contributed by atoms with E-state index in [9.17, 15) is 4.79 Å². The number of benzene rings is 1. The standard InChI is InChI=1S/C15H23ClN2O3/c1-11-8-12(16)4-5-14(11)21-7-3-6-18-15(19)9-13(10-17)20-2/h4-5,8,13H,3,6-7,9-10,17H2,1-2H3,(H,18,19). The normalized spacial score (nSPS) is 12.0. The number of hydrogen-bond donors (Lipinski definition) is 2. The molecule has 0 aliphatic rings. The molecule has 0 saturated carbocycles. The molecule has 0 aliphatic carbocycles. The zero-order valence-electron chi connectivity index (χ0n) is 12.5. The molecule has 21 heavy (non-hydrogen) atoms. The van der Waals surface area contributed by atoms with Crippen molar-refractivity contribution in [2.24, 2.45) is 5.73 Å². The van der Waals surface area contributed by atoms with Gasteiger partial charge in [-0.15, -0.1) is 0 Å². The lowest BCUT2D eigenvalue weighted by Gasteiger charge is -2.13. The first-order valence-electron chi connectivity index (χ1n) is 6.95. The van der Waals surface area contributed by atoms with E-state index in [0.29, 0.717) is 24.7 Å². The number of ether oxygens (including phenoxy) is 2. The van der Waals surface area contributed by atoms with Crippen LogP contribution >= 0.6 is 11.6 Å². The smallest absolute Gasteiger partial charge is 0.222 e. The number of amides is 1. The molecule has 1 aromatic carbocycles. The highest BCUT2D eigenvalue weighted by molar-refractivity contribution is 6.30. The summed E-state index contributed by atoms with van der Waals surface area (Å²) in [6.45, 7) is 3.38. The fourth-order valence-corrected chi connectivity index (χ4v) is 2.03. The average Bonchev–Trinajstić information content (AvgIpc) is 2.46. The van der Waals surface area contributed by atoms with Crippen LogP contribution in [0.3, 0.4) is 0 Å². The second-order valence-corrected chi connectivity index (χ2v) is 5.20. The fourth-order valence-electron chi connectivity index (χ4n) is 1.80. The van der Waals surface area contributed by atoms with Gasteiger partial charge in [0.25, 0.3) is 0 Å². The van der Waals surface area contributed by atoms with E-state index in [-0.39, 0.29) is 18.4 Å². The van der Waals surface area contributed by atoms with Gasteiger partial charge in [-0.2, -0.15) is 0 Å². The van der Waals surface area contributed by atoms with Crippen LogP contribution in [0.15, 0.2) is 18.2 Å². The zero-order chi connectivity index (χ0) is 15.7. The maximum Gasteiger partial charge on any atom is 0.222 e. The Bertz CT molecular complexity index is 451. The number of nitrogens with two attached hydrogens (primary N) is 1. The van der Waals surface area contributed by atoms with E-state index >= 15 is 0 Å². The number of carbonyl (C=O) groups is 1. The van der Waals surface area contributed by atoms with E-state index in [1.54, 1.807) is 13.2 Å². The minimum absolute atomic E-state index is 0.0602. The van der Waals surface area contributed by atoms with Gasteiger partial charge >= 0.3 is 0 Å². The molecule has 3 N–H and O–H groups in total. The van der Waals surface area contributed by atoms with Crippen molar-refractivity contribution in [3.8, 4) is 5.75 Å². The lowest BCUT2D eigenvalue weighted by atomic mass is 10.2. The van der Waals surface area contributed by atoms with E-state index in [1.165, 1.54) is 0 Å². The number of rotatable bonds is 9. The predicted octanol–water partition coefficient (Wildman–Crippen LogP) is 1.90. The first-order chi connectivity index (χ1) is 10.1. The van der Waals surface area contributed by atoms with Gasteiger partial charge in [-0.25, -0.2) is 0 Å². The molecule has 1 atom stereocenters. The molecule has 0 fully saturated rings. The number of halogens is 1. The van der Waals surface area contributed by atoms with Crippen molar-refractivity contribution < 1.29 is 14.3 Å². The number of nitrogens with one attached hydrogen (secondary N) is 1. The Morgan fingerprint density at radius 2 is 2.24 bits per heavy atom. The molecule has 0 radical (unpaired) electrons. The topological polar surface area (TPSA) is 73.6 Å². The van der Waals surface area contributed by atoms with Crippen LogP contribution in [0.4, 0.5) is 0 Å². The lowest BCUT2D eigenvalue weighted by Crippen LogP contribution is -2.33. The van der Waals surface area contributed by atoms with Gasteiger partial charge in [-0.05, 0) is 37.1 Å². The minimum Gasteiger partial charge on any atom is -0.493 e. The first kappa shape index (κ1) is 17.8. The summed E-state index contributed by atoms with van der Waals surface area (Å²) < 4.78 is 10.7. The van der Waals surface area contributed by atoms with Gasteiger partial charge in [-0.3, -0.25) is 4.79 Å². The molecule has 1 amide bonds. The highest BCUT2D eigenvalue weighted by Crippen LogP contribution is 2.21. The molecular weight excluding hydrogens is 292 g/mol. The Kier molecular flexibility index (Phi) is 8.12. The first-order valence-corrected chi connectivity index (χ1v) is 7.33. The van der Waals surface area contributed by atoms with Crippen molar-refractivity contribution in [3.05, 3.63) is 28.8 Å². The second kappa shape index (κ2) is 9.60. The molecule has 1 aromatic rings. The summed E-state index contributed by atoms with van der Waals surface area (Å²) in [4.78, 5) is 11.6. The summed E-state index contributed by atoms with van der Waals surface area (Å²) in [5, 5.41) is 3.51. The second-order valence-electron chi connectivity index (χ2n) is 4.76. The van der Waals surface area contributed by atoms with E-state index in [1.807, 2.05) is 19.1 Å². The molecular formula is C15H23ClN2O3. The molecule has 5 nitrogen and oxygen atoms in total.